The fraction of sp³-hybridized carbons (Fsp3) is 0.0714. The van der Waals surface area contributed by atoms with E-state index in [0.717, 1.165) is 17.7 Å². The van der Waals surface area contributed by atoms with E-state index < -0.39 is 11.6 Å². The van der Waals surface area contributed by atoms with Crippen LogP contribution >= 0.6 is 0 Å². The monoisotopic (exact) mass is 260 g/mol. The summed E-state index contributed by atoms with van der Waals surface area (Å²) in [6.45, 7) is 0.400. The Morgan fingerprint density at radius 3 is 2.63 bits per heavy atom. The molecule has 0 bridgehead atoms. The predicted molar refractivity (Wildman–Crippen MR) is 67.3 cm³/mol. The van der Waals surface area contributed by atoms with Crippen molar-refractivity contribution in [2.75, 3.05) is 0 Å². The second kappa shape index (κ2) is 4.44. The van der Waals surface area contributed by atoms with Gasteiger partial charge < -0.3 is 10.2 Å². The highest BCUT2D eigenvalue weighted by atomic mass is 19.2. The van der Waals surface area contributed by atoms with Gasteiger partial charge in [0.15, 0.2) is 17.2 Å². The van der Waals surface area contributed by atoms with Crippen molar-refractivity contribution in [2.24, 2.45) is 5.73 Å². The van der Waals surface area contributed by atoms with E-state index in [0.29, 0.717) is 23.2 Å². The van der Waals surface area contributed by atoms with Crippen LogP contribution in [0.15, 0.2) is 40.8 Å². The molecule has 5 heteroatoms. The van der Waals surface area contributed by atoms with Crippen molar-refractivity contribution in [3.8, 4) is 11.5 Å². The number of aromatic nitrogens is 1. The number of nitrogens with two attached hydrogens (primary N) is 1. The van der Waals surface area contributed by atoms with Gasteiger partial charge in [0.1, 0.15) is 5.52 Å². The Balaban J connectivity index is 2.11. The molecule has 3 aromatic rings. The van der Waals surface area contributed by atoms with Crippen molar-refractivity contribution in [3.63, 3.8) is 0 Å². The van der Waals surface area contributed by atoms with Crippen LogP contribution in [-0.4, -0.2) is 4.98 Å². The van der Waals surface area contributed by atoms with Gasteiger partial charge in [0.05, 0.1) is 0 Å². The Morgan fingerprint density at radius 2 is 1.89 bits per heavy atom. The summed E-state index contributed by atoms with van der Waals surface area (Å²) in [6, 6.07) is 8.94. The van der Waals surface area contributed by atoms with Gasteiger partial charge in [0, 0.05) is 12.1 Å². The van der Waals surface area contributed by atoms with Crippen molar-refractivity contribution in [1.29, 1.82) is 0 Å². The summed E-state index contributed by atoms with van der Waals surface area (Å²) in [5.41, 5.74) is 8.07. The second-order valence-electron chi connectivity index (χ2n) is 4.15. The zero-order chi connectivity index (χ0) is 13.4. The van der Waals surface area contributed by atoms with Gasteiger partial charge in [0.25, 0.3) is 0 Å². The minimum absolute atomic E-state index is 0.253. The molecule has 96 valence electrons. The third-order valence-corrected chi connectivity index (χ3v) is 2.86. The molecular weight excluding hydrogens is 250 g/mol. The van der Waals surface area contributed by atoms with Crippen LogP contribution in [0.4, 0.5) is 8.78 Å². The Hall–Kier alpha value is -2.27. The number of hydrogen-bond donors (Lipinski definition) is 1. The molecule has 1 aromatic heterocycles. The summed E-state index contributed by atoms with van der Waals surface area (Å²) in [6.07, 6.45) is 0. The van der Waals surface area contributed by atoms with E-state index in [2.05, 4.69) is 4.98 Å². The van der Waals surface area contributed by atoms with Gasteiger partial charge in [-0.1, -0.05) is 6.07 Å². The summed E-state index contributed by atoms with van der Waals surface area (Å²) in [7, 11) is 0. The zero-order valence-corrected chi connectivity index (χ0v) is 9.86. The lowest BCUT2D eigenvalue weighted by atomic mass is 10.2. The molecule has 0 aliphatic heterocycles. The summed E-state index contributed by atoms with van der Waals surface area (Å²) >= 11 is 0. The standard InChI is InChI=1S/C14H10F2N2O/c15-10-3-2-9(6-11(10)16)14-18-12-4-1-8(7-17)5-13(12)19-14/h1-6H,7,17H2. The van der Waals surface area contributed by atoms with Crippen LogP contribution in [0.25, 0.3) is 22.6 Å². The molecule has 1 heterocycles. The third-order valence-electron chi connectivity index (χ3n) is 2.86. The molecule has 0 spiro atoms. The average molecular weight is 260 g/mol. The van der Waals surface area contributed by atoms with Crippen LogP contribution in [0.3, 0.4) is 0 Å². The molecule has 19 heavy (non-hydrogen) atoms. The molecule has 3 nitrogen and oxygen atoms in total. The molecule has 2 aromatic carbocycles. The lowest BCUT2D eigenvalue weighted by Gasteiger charge is -1.96. The Bertz CT molecular complexity index is 752. The molecule has 0 unspecified atom stereocenters. The molecule has 0 saturated heterocycles. The minimum atomic E-state index is -0.928. The van der Waals surface area contributed by atoms with E-state index in [1.165, 1.54) is 6.07 Å². The highest BCUT2D eigenvalue weighted by Gasteiger charge is 2.11. The average Bonchev–Trinajstić information content (AvgIpc) is 2.84. The van der Waals surface area contributed by atoms with Gasteiger partial charge in [-0.05, 0) is 35.9 Å². The Kier molecular flexibility index (Phi) is 2.76. The van der Waals surface area contributed by atoms with Crippen molar-refractivity contribution in [1.82, 2.24) is 4.98 Å². The number of oxazole rings is 1. The van der Waals surface area contributed by atoms with Gasteiger partial charge in [0.2, 0.25) is 5.89 Å². The summed E-state index contributed by atoms with van der Waals surface area (Å²) in [5.74, 6) is -1.57. The second-order valence-corrected chi connectivity index (χ2v) is 4.15. The molecular formula is C14H10F2N2O. The first-order chi connectivity index (χ1) is 9.17. The molecule has 0 amide bonds. The largest absolute Gasteiger partial charge is 0.436 e. The van der Waals surface area contributed by atoms with Crippen LogP contribution in [0.2, 0.25) is 0 Å². The minimum Gasteiger partial charge on any atom is -0.436 e. The van der Waals surface area contributed by atoms with Crippen molar-refractivity contribution in [3.05, 3.63) is 53.6 Å². The summed E-state index contributed by atoms with van der Waals surface area (Å²) < 4.78 is 31.6. The molecule has 0 saturated carbocycles. The maximum absolute atomic E-state index is 13.2. The van der Waals surface area contributed by atoms with Crippen LogP contribution < -0.4 is 5.73 Å². The predicted octanol–water partition coefficient (Wildman–Crippen LogP) is 3.23. The number of rotatable bonds is 2. The van der Waals surface area contributed by atoms with E-state index in [1.807, 2.05) is 6.07 Å². The maximum Gasteiger partial charge on any atom is 0.227 e. The lowest BCUT2D eigenvalue weighted by Crippen LogP contribution is -1.94. The number of hydrogen-bond acceptors (Lipinski definition) is 3. The number of halogens is 2. The van der Waals surface area contributed by atoms with Gasteiger partial charge >= 0.3 is 0 Å². The van der Waals surface area contributed by atoms with Crippen LogP contribution in [0.1, 0.15) is 5.56 Å². The first kappa shape index (κ1) is 11.8. The van der Waals surface area contributed by atoms with Crippen molar-refractivity contribution in [2.45, 2.75) is 6.54 Å². The van der Waals surface area contributed by atoms with Crippen molar-refractivity contribution < 1.29 is 13.2 Å². The maximum atomic E-state index is 13.2. The molecule has 3 rings (SSSR count). The smallest absolute Gasteiger partial charge is 0.227 e. The molecule has 0 aliphatic carbocycles. The van der Waals surface area contributed by atoms with E-state index in [-0.39, 0.29) is 5.89 Å². The van der Waals surface area contributed by atoms with E-state index in [4.69, 9.17) is 10.2 Å². The third kappa shape index (κ3) is 2.08. The molecule has 0 radical (unpaired) electrons. The van der Waals surface area contributed by atoms with Gasteiger partial charge in [-0.25, -0.2) is 13.8 Å². The van der Waals surface area contributed by atoms with E-state index in [1.54, 1.807) is 12.1 Å². The van der Waals surface area contributed by atoms with Crippen molar-refractivity contribution >= 4 is 11.1 Å². The Morgan fingerprint density at radius 1 is 1.05 bits per heavy atom. The van der Waals surface area contributed by atoms with Gasteiger partial charge in [-0.15, -0.1) is 0 Å². The first-order valence-electron chi connectivity index (χ1n) is 5.72. The topological polar surface area (TPSA) is 52.0 Å². The highest BCUT2D eigenvalue weighted by Crippen LogP contribution is 2.26. The SMILES string of the molecule is NCc1ccc2nc(-c3ccc(F)c(F)c3)oc2c1. The highest BCUT2D eigenvalue weighted by molar-refractivity contribution is 5.76. The summed E-state index contributed by atoms with van der Waals surface area (Å²) in [4.78, 5) is 4.23. The quantitative estimate of drug-likeness (QED) is 0.769. The first-order valence-corrected chi connectivity index (χ1v) is 5.72. The van der Waals surface area contributed by atoms with E-state index >= 15 is 0 Å². The zero-order valence-electron chi connectivity index (χ0n) is 9.86. The van der Waals surface area contributed by atoms with Crippen LogP contribution in [-0.2, 0) is 6.54 Å². The molecule has 0 aliphatic rings. The summed E-state index contributed by atoms with van der Waals surface area (Å²) in [5, 5.41) is 0. The molecule has 2 N–H and O–H groups in total. The number of fused-ring (bicyclic) bond motifs is 1. The van der Waals surface area contributed by atoms with Crippen LogP contribution in [0, 0.1) is 11.6 Å². The van der Waals surface area contributed by atoms with Crippen LogP contribution in [0.5, 0.6) is 0 Å². The van der Waals surface area contributed by atoms with Gasteiger partial charge in [-0.3, -0.25) is 0 Å². The normalized spacial score (nSPS) is 11.1. The Labute approximate surface area is 107 Å². The number of benzene rings is 2. The fourth-order valence-electron chi connectivity index (χ4n) is 1.85. The van der Waals surface area contributed by atoms with E-state index in [9.17, 15) is 8.78 Å². The van der Waals surface area contributed by atoms with Gasteiger partial charge in [-0.2, -0.15) is 0 Å². The molecule has 0 fully saturated rings. The fourth-order valence-corrected chi connectivity index (χ4v) is 1.85. The number of nitrogens with zero attached hydrogens (tertiary/aromatic N) is 1. The molecule has 0 atom stereocenters. The lowest BCUT2D eigenvalue weighted by molar-refractivity contribution is 0.508.